The fraction of sp³-hybridized carbons (Fsp3) is 0.300. The molecule has 5 nitrogen and oxygen atoms in total. The highest BCUT2D eigenvalue weighted by atomic mass is 16.3. The third kappa shape index (κ3) is 6.04. The maximum Gasteiger partial charge on any atom is 0.319 e. The molecule has 0 saturated heterocycles. The quantitative estimate of drug-likeness (QED) is 0.674. The van der Waals surface area contributed by atoms with Crippen LogP contribution in [0.1, 0.15) is 42.1 Å². The van der Waals surface area contributed by atoms with E-state index in [1.54, 1.807) is 31.2 Å². The number of anilines is 1. The normalized spacial score (nSPS) is 12.9. The first-order valence-electron chi connectivity index (χ1n) is 8.34. The first-order chi connectivity index (χ1) is 12.0. The van der Waals surface area contributed by atoms with Gasteiger partial charge in [0.15, 0.2) is 5.78 Å². The Morgan fingerprint density at radius 2 is 1.80 bits per heavy atom. The van der Waals surface area contributed by atoms with Crippen LogP contribution in [0.2, 0.25) is 0 Å². The van der Waals surface area contributed by atoms with Gasteiger partial charge >= 0.3 is 6.03 Å². The van der Waals surface area contributed by atoms with Crippen molar-refractivity contribution in [1.29, 1.82) is 0 Å². The van der Waals surface area contributed by atoms with Crippen LogP contribution < -0.4 is 10.6 Å². The molecule has 0 radical (unpaired) electrons. The lowest BCUT2D eigenvalue weighted by molar-refractivity contribution is 0.101. The maximum atomic E-state index is 12.1. The highest BCUT2D eigenvalue weighted by Gasteiger charge is 2.15. The lowest BCUT2D eigenvalue weighted by atomic mass is 9.93. The Hall–Kier alpha value is -2.66. The van der Waals surface area contributed by atoms with Crippen LogP contribution in [-0.2, 0) is 0 Å². The number of aliphatic hydroxyl groups is 1. The van der Waals surface area contributed by atoms with Gasteiger partial charge in [-0.25, -0.2) is 4.79 Å². The van der Waals surface area contributed by atoms with Gasteiger partial charge in [0.25, 0.3) is 0 Å². The van der Waals surface area contributed by atoms with E-state index < -0.39 is 6.10 Å². The number of nitrogens with one attached hydrogen (secondary N) is 2. The van der Waals surface area contributed by atoms with E-state index in [2.05, 4.69) is 10.6 Å². The molecule has 2 rings (SSSR count). The molecule has 5 heteroatoms. The number of rotatable bonds is 7. The number of ketones is 1. The first kappa shape index (κ1) is 18.7. The molecular weight excluding hydrogens is 316 g/mol. The van der Waals surface area contributed by atoms with Crippen LogP contribution >= 0.6 is 0 Å². The molecule has 2 atom stereocenters. The summed E-state index contributed by atoms with van der Waals surface area (Å²) in [5.74, 6) is -0.0272. The Labute approximate surface area is 148 Å². The van der Waals surface area contributed by atoms with Crippen LogP contribution in [0.3, 0.4) is 0 Å². The summed E-state index contributed by atoms with van der Waals surface area (Å²) in [6, 6.07) is 16.3. The molecule has 132 valence electrons. The predicted octanol–water partition coefficient (Wildman–Crippen LogP) is 3.57. The van der Waals surface area contributed by atoms with Crippen molar-refractivity contribution < 1.29 is 14.7 Å². The molecule has 0 bridgehead atoms. The first-order valence-corrected chi connectivity index (χ1v) is 8.34. The third-order valence-electron chi connectivity index (χ3n) is 3.93. The Morgan fingerprint density at radius 3 is 2.44 bits per heavy atom. The van der Waals surface area contributed by atoms with E-state index in [4.69, 9.17) is 0 Å². The Kier molecular flexibility index (Phi) is 6.71. The standard InChI is InChI=1S/C20H24N2O3/c1-14(23)11-18(16-7-4-3-5-8-16)13-21-20(25)22-19-10-6-9-17(12-19)15(2)24/h3-10,12,14,18,23H,11,13H2,1-2H3,(H2,21,22,25). The molecular formula is C20H24N2O3. The van der Waals surface area contributed by atoms with Crippen molar-refractivity contribution in [1.82, 2.24) is 5.32 Å². The molecule has 2 amide bonds. The minimum absolute atomic E-state index is 0.0236. The van der Waals surface area contributed by atoms with E-state index in [0.717, 1.165) is 5.56 Å². The predicted molar refractivity (Wildman–Crippen MR) is 98.9 cm³/mol. The van der Waals surface area contributed by atoms with Crippen molar-refractivity contribution in [2.24, 2.45) is 0 Å². The molecule has 0 spiro atoms. The zero-order chi connectivity index (χ0) is 18.2. The summed E-state index contributed by atoms with van der Waals surface area (Å²) < 4.78 is 0. The molecule has 2 unspecified atom stereocenters. The number of amides is 2. The highest BCUT2D eigenvalue weighted by Crippen LogP contribution is 2.20. The molecule has 0 aliphatic carbocycles. The fourth-order valence-corrected chi connectivity index (χ4v) is 2.68. The topological polar surface area (TPSA) is 78.4 Å². The van der Waals surface area contributed by atoms with E-state index in [0.29, 0.717) is 24.2 Å². The molecule has 25 heavy (non-hydrogen) atoms. The molecule has 2 aromatic carbocycles. The minimum atomic E-state index is -0.456. The summed E-state index contributed by atoms with van der Waals surface area (Å²) in [4.78, 5) is 23.6. The van der Waals surface area contributed by atoms with E-state index in [-0.39, 0.29) is 17.7 Å². The number of hydrogen-bond acceptors (Lipinski definition) is 3. The summed E-state index contributed by atoms with van der Waals surface area (Å²) in [6.07, 6.45) is 0.103. The number of carbonyl (C=O) groups is 2. The molecule has 0 saturated carbocycles. The minimum Gasteiger partial charge on any atom is -0.393 e. The second-order valence-corrected chi connectivity index (χ2v) is 6.16. The second kappa shape index (κ2) is 8.99. The van der Waals surface area contributed by atoms with Crippen LogP contribution in [0.15, 0.2) is 54.6 Å². The van der Waals surface area contributed by atoms with E-state index in [1.807, 2.05) is 30.3 Å². The lowest BCUT2D eigenvalue weighted by Gasteiger charge is -2.20. The molecule has 0 fully saturated rings. The number of urea groups is 1. The van der Waals surface area contributed by atoms with Gasteiger partial charge in [0.05, 0.1) is 6.10 Å². The van der Waals surface area contributed by atoms with E-state index in [1.165, 1.54) is 6.92 Å². The number of benzene rings is 2. The van der Waals surface area contributed by atoms with Gasteiger partial charge in [-0.05, 0) is 38.0 Å². The van der Waals surface area contributed by atoms with Gasteiger partial charge in [0, 0.05) is 23.7 Å². The fourth-order valence-electron chi connectivity index (χ4n) is 2.68. The second-order valence-electron chi connectivity index (χ2n) is 6.16. The van der Waals surface area contributed by atoms with Crippen LogP contribution in [0.25, 0.3) is 0 Å². The van der Waals surface area contributed by atoms with Gasteiger partial charge in [-0.15, -0.1) is 0 Å². The van der Waals surface area contributed by atoms with Crippen LogP contribution in [0.5, 0.6) is 0 Å². The van der Waals surface area contributed by atoms with Crippen LogP contribution in [0.4, 0.5) is 10.5 Å². The SMILES string of the molecule is CC(=O)c1cccc(NC(=O)NCC(CC(C)O)c2ccccc2)c1. The van der Waals surface area contributed by atoms with E-state index in [9.17, 15) is 14.7 Å². The Morgan fingerprint density at radius 1 is 1.08 bits per heavy atom. The molecule has 2 aromatic rings. The summed E-state index contributed by atoms with van der Waals surface area (Å²) in [5.41, 5.74) is 2.19. The number of carbonyl (C=O) groups excluding carboxylic acids is 2. The Balaban J connectivity index is 1.96. The number of aliphatic hydroxyl groups excluding tert-OH is 1. The van der Waals surface area contributed by atoms with Crippen molar-refractivity contribution >= 4 is 17.5 Å². The van der Waals surface area contributed by atoms with Gasteiger partial charge in [0.2, 0.25) is 0 Å². The van der Waals surface area contributed by atoms with Crippen molar-refractivity contribution in [3.05, 3.63) is 65.7 Å². The monoisotopic (exact) mass is 340 g/mol. The van der Waals surface area contributed by atoms with Crippen molar-refractivity contribution in [2.75, 3.05) is 11.9 Å². The van der Waals surface area contributed by atoms with Gasteiger partial charge in [-0.3, -0.25) is 4.79 Å². The molecule has 3 N–H and O–H groups in total. The molecule has 0 heterocycles. The van der Waals surface area contributed by atoms with E-state index >= 15 is 0 Å². The van der Waals surface area contributed by atoms with Crippen molar-refractivity contribution in [3.8, 4) is 0 Å². The zero-order valence-electron chi connectivity index (χ0n) is 14.5. The summed E-state index contributed by atoms with van der Waals surface area (Å²) in [5, 5.41) is 15.3. The highest BCUT2D eigenvalue weighted by molar-refractivity contribution is 5.96. The average Bonchev–Trinajstić information content (AvgIpc) is 2.59. The summed E-state index contributed by atoms with van der Waals surface area (Å²) >= 11 is 0. The average molecular weight is 340 g/mol. The summed E-state index contributed by atoms with van der Waals surface area (Å²) in [6.45, 7) is 3.64. The number of hydrogen-bond donors (Lipinski definition) is 3. The molecule has 0 aliphatic rings. The van der Waals surface area contributed by atoms with Gasteiger partial charge in [0.1, 0.15) is 0 Å². The maximum absolute atomic E-state index is 12.1. The summed E-state index contributed by atoms with van der Waals surface area (Å²) in [7, 11) is 0. The van der Waals surface area contributed by atoms with Gasteiger partial charge in [-0.2, -0.15) is 0 Å². The molecule has 0 aromatic heterocycles. The smallest absolute Gasteiger partial charge is 0.319 e. The van der Waals surface area contributed by atoms with Crippen LogP contribution in [0, 0.1) is 0 Å². The van der Waals surface area contributed by atoms with Crippen molar-refractivity contribution in [2.45, 2.75) is 32.3 Å². The Bertz CT molecular complexity index is 714. The van der Waals surface area contributed by atoms with Crippen LogP contribution in [-0.4, -0.2) is 29.6 Å². The number of Topliss-reactive ketones (excluding diaryl/α,β-unsaturated/α-hetero) is 1. The van der Waals surface area contributed by atoms with Gasteiger partial charge in [-0.1, -0.05) is 42.5 Å². The van der Waals surface area contributed by atoms with Gasteiger partial charge < -0.3 is 15.7 Å². The lowest BCUT2D eigenvalue weighted by Crippen LogP contribution is -2.33. The largest absolute Gasteiger partial charge is 0.393 e. The third-order valence-corrected chi connectivity index (χ3v) is 3.93. The van der Waals surface area contributed by atoms with Crippen molar-refractivity contribution in [3.63, 3.8) is 0 Å². The molecule has 0 aliphatic heterocycles. The zero-order valence-corrected chi connectivity index (χ0v) is 14.5.